The van der Waals surface area contributed by atoms with E-state index in [-0.39, 0.29) is 24.9 Å². The van der Waals surface area contributed by atoms with E-state index in [1.165, 1.54) is 5.56 Å². The number of benzene rings is 2. The highest BCUT2D eigenvalue weighted by Gasteiger charge is 2.33. The maximum Gasteiger partial charge on any atom is 0.273 e. The molecule has 0 saturated carbocycles. The largest absolute Gasteiger partial charge is 0.485 e. The lowest BCUT2D eigenvalue weighted by molar-refractivity contribution is -0.127. The number of hydrogen-bond acceptors (Lipinski definition) is 6. The number of fused-ring (bicyclic) bond motifs is 2. The fraction of sp³-hybridized carbons (Fsp3) is 0.364. The number of carbonyl (C=O) groups is 1. The van der Waals surface area contributed by atoms with Gasteiger partial charge in [-0.15, -0.1) is 12.4 Å². The van der Waals surface area contributed by atoms with Crippen LogP contribution in [0, 0.1) is 0 Å². The SMILES string of the molecule is CCc1ccc2nc(N(CCN(C)C)C(=O)C3COc4ccccc4O3)sc2c1.Cl. The lowest BCUT2D eigenvalue weighted by Gasteiger charge is -2.30. The molecule has 0 N–H and O–H groups in total. The molecule has 0 bridgehead atoms. The van der Waals surface area contributed by atoms with E-state index in [2.05, 4.69) is 24.0 Å². The summed E-state index contributed by atoms with van der Waals surface area (Å²) in [5.41, 5.74) is 2.18. The van der Waals surface area contributed by atoms with Crippen molar-refractivity contribution in [1.82, 2.24) is 9.88 Å². The number of carbonyl (C=O) groups excluding carboxylic acids is 1. The lowest BCUT2D eigenvalue weighted by Crippen LogP contribution is -2.48. The second kappa shape index (κ2) is 9.64. The highest BCUT2D eigenvalue weighted by molar-refractivity contribution is 7.22. The van der Waals surface area contributed by atoms with Gasteiger partial charge in [0, 0.05) is 13.1 Å². The number of amides is 1. The van der Waals surface area contributed by atoms with Crippen molar-refractivity contribution in [2.75, 3.05) is 38.7 Å². The number of para-hydroxylation sites is 2. The van der Waals surface area contributed by atoms with Gasteiger partial charge in [-0.3, -0.25) is 9.69 Å². The molecule has 30 heavy (non-hydrogen) atoms. The van der Waals surface area contributed by atoms with Gasteiger partial charge in [0.25, 0.3) is 5.91 Å². The fourth-order valence-electron chi connectivity index (χ4n) is 3.21. The van der Waals surface area contributed by atoms with E-state index in [1.807, 2.05) is 44.4 Å². The zero-order valence-corrected chi connectivity index (χ0v) is 19.0. The highest BCUT2D eigenvalue weighted by atomic mass is 35.5. The monoisotopic (exact) mass is 447 g/mol. The van der Waals surface area contributed by atoms with Gasteiger partial charge in [-0.1, -0.05) is 36.5 Å². The summed E-state index contributed by atoms with van der Waals surface area (Å²) in [6.07, 6.45) is 0.282. The van der Waals surface area contributed by atoms with Crippen molar-refractivity contribution in [3.05, 3.63) is 48.0 Å². The predicted molar refractivity (Wildman–Crippen MR) is 124 cm³/mol. The summed E-state index contributed by atoms with van der Waals surface area (Å²) in [7, 11) is 3.98. The van der Waals surface area contributed by atoms with Crippen LogP contribution in [0.4, 0.5) is 5.13 Å². The number of thiazole rings is 1. The van der Waals surface area contributed by atoms with Crippen LogP contribution in [-0.2, 0) is 11.2 Å². The Hall–Kier alpha value is -2.35. The van der Waals surface area contributed by atoms with E-state index in [1.54, 1.807) is 16.2 Å². The normalized spacial score (nSPS) is 15.1. The van der Waals surface area contributed by atoms with Crippen LogP contribution in [0.2, 0.25) is 0 Å². The van der Waals surface area contributed by atoms with Gasteiger partial charge < -0.3 is 14.4 Å². The quantitative estimate of drug-likeness (QED) is 0.571. The van der Waals surface area contributed by atoms with Crippen molar-refractivity contribution < 1.29 is 14.3 Å². The average molecular weight is 448 g/mol. The van der Waals surface area contributed by atoms with E-state index in [0.29, 0.717) is 23.2 Å². The van der Waals surface area contributed by atoms with E-state index in [4.69, 9.17) is 14.5 Å². The minimum Gasteiger partial charge on any atom is -0.485 e. The summed E-state index contributed by atoms with van der Waals surface area (Å²) >= 11 is 1.54. The Balaban J connectivity index is 0.00000256. The first-order valence-corrected chi connectivity index (χ1v) is 10.6. The van der Waals surface area contributed by atoms with E-state index in [0.717, 1.165) is 23.2 Å². The number of ether oxygens (including phenoxy) is 2. The van der Waals surface area contributed by atoms with Gasteiger partial charge >= 0.3 is 0 Å². The summed E-state index contributed by atoms with van der Waals surface area (Å²) < 4.78 is 12.8. The van der Waals surface area contributed by atoms with Gasteiger partial charge in [-0.05, 0) is 50.3 Å². The van der Waals surface area contributed by atoms with Crippen molar-refractivity contribution in [3.8, 4) is 11.5 Å². The first kappa shape index (κ1) is 22.3. The topological polar surface area (TPSA) is 54.9 Å². The molecule has 0 spiro atoms. The van der Waals surface area contributed by atoms with E-state index in [9.17, 15) is 4.79 Å². The van der Waals surface area contributed by atoms with Gasteiger partial charge in [0.15, 0.2) is 16.6 Å². The van der Waals surface area contributed by atoms with E-state index < -0.39 is 6.10 Å². The second-order valence-corrected chi connectivity index (χ2v) is 8.32. The molecule has 0 fully saturated rings. The van der Waals surface area contributed by atoms with Crippen LogP contribution < -0.4 is 14.4 Å². The summed E-state index contributed by atoms with van der Waals surface area (Å²) in [4.78, 5) is 21.9. The standard InChI is InChI=1S/C22H25N3O3S.ClH/c1-4-15-9-10-16-20(13-15)29-22(23-16)25(12-11-24(2)3)21(26)19-14-27-17-7-5-6-8-18(17)28-19;/h5-10,13,19H,4,11-12,14H2,1-3H3;1H. The van der Waals surface area contributed by atoms with Crippen LogP contribution in [-0.4, -0.2) is 55.7 Å². The summed E-state index contributed by atoms with van der Waals surface area (Å²) in [5.74, 6) is 1.14. The maximum atomic E-state index is 13.4. The van der Waals surface area contributed by atoms with Gasteiger partial charge in [0.05, 0.1) is 10.2 Å². The van der Waals surface area contributed by atoms with Crippen LogP contribution in [0.15, 0.2) is 42.5 Å². The molecule has 1 aliphatic rings. The van der Waals surface area contributed by atoms with Crippen LogP contribution >= 0.6 is 23.7 Å². The molecular weight excluding hydrogens is 422 g/mol. The Morgan fingerprint density at radius 3 is 2.67 bits per heavy atom. The minimum atomic E-state index is -0.690. The molecule has 6 nitrogen and oxygen atoms in total. The third kappa shape index (κ3) is 4.69. The Bertz CT molecular complexity index is 1020. The third-order valence-electron chi connectivity index (χ3n) is 4.90. The molecule has 0 aliphatic carbocycles. The fourth-order valence-corrected chi connectivity index (χ4v) is 4.27. The van der Waals surface area contributed by atoms with Crippen molar-refractivity contribution >= 4 is 45.0 Å². The molecule has 0 saturated heterocycles. The van der Waals surface area contributed by atoms with Gasteiger partial charge in [0.1, 0.15) is 6.61 Å². The van der Waals surface area contributed by atoms with Gasteiger partial charge in [0.2, 0.25) is 6.10 Å². The molecule has 2 aromatic carbocycles. The Labute approximate surface area is 186 Å². The van der Waals surface area contributed by atoms with Crippen LogP contribution in [0.5, 0.6) is 11.5 Å². The molecule has 1 atom stereocenters. The van der Waals surface area contributed by atoms with Crippen LogP contribution in [0.3, 0.4) is 0 Å². The average Bonchev–Trinajstić information content (AvgIpc) is 3.15. The number of likely N-dealkylation sites (N-methyl/N-ethyl adjacent to an activating group) is 1. The molecule has 0 radical (unpaired) electrons. The van der Waals surface area contributed by atoms with E-state index >= 15 is 0 Å². The number of nitrogens with zero attached hydrogens (tertiary/aromatic N) is 3. The molecule has 8 heteroatoms. The lowest BCUT2D eigenvalue weighted by atomic mass is 10.2. The van der Waals surface area contributed by atoms with Gasteiger partial charge in [-0.2, -0.15) is 0 Å². The predicted octanol–water partition coefficient (Wildman–Crippen LogP) is 4.02. The third-order valence-corrected chi connectivity index (χ3v) is 5.94. The molecule has 1 aromatic heterocycles. The first-order chi connectivity index (χ1) is 14.0. The number of aryl methyl sites for hydroxylation is 1. The molecule has 4 rings (SSSR count). The van der Waals surface area contributed by atoms with Crippen LogP contribution in [0.1, 0.15) is 12.5 Å². The number of aromatic nitrogens is 1. The molecule has 3 aromatic rings. The van der Waals surface area contributed by atoms with Gasteiger partial charge in [-0.25, -0.2) is 4.98 Å². The number of rotatable bonds is 6. The Kier molecular flexibility index (Phi) is 7.18. The zero-order valence-electron chi connectivity index (χ0n) is 17.3. The minimum absolute atomic E-state index is 0. The number of hydrogen-bond donors (Lipinski definition) is 0. The Morgan fingerprint density at radius 1 is 1.17 bits per heavy atom. The molecule has 1 aliphatic heterocycles. The second-order valence-electron chi connectivity index (χ2n) is 7.31. The molecule has 1 amide bonds. The van der Waals surface area contributed by atoms with Crippen molar-refractivity contribution in [2.24, 2.45) is 0 Å². The van der Waals surface area contributed by atoms with Crippen molar-refractivity contribution in [3.63, 3.8) is 0 Å². The summed E-state index contributed by atoms with van der Waals surface area (Å²) in [5, 5.41) is 0.697. The van der Waals surface area contributed by atoms with Crippen molar-refractivity contribution in [1.29, 1.82) is 0 Å². The summed E-state index contributed by atoms with van der Waals surface area (Å²) in [6.45, 7) is 3.59. The highest BCUT2D eigenvalue weighted by Crippen LogP contribution is 2.33. The maximum absolute atomic E-state index is 13.4. The Morgan fingerprint density at radius 2 is 1.93 bits per heavy atom. The van der Waals surface area contributed by atoms with Crippen LogP contribution in [0.25, 0.3) is 10.2 Å². The molecule has 1 unspecified atom stereocenters. The zero-order chi connectivity index (χ0) is 20.4. The molecule has 160 valence electrons. The number of halogens is 1. The molecule has 2 heterocycles. The smallest absolute Gasteiger partial charge is 0.273 e. The summed E-state index contributed by atoms with van der Waals surface area (Å²) in [6, 6.07) is 13.7. The number of anilines is 1. The molecular formula is C22H26ClN3O3S. The van der Waals surface area contributed by atoms with Crippen molar-refractivity contribution in [2.45, 2.75) is 19.4 Å². The first-order valence-electron chi connectivity index (χ1n) is 9.79.